The van der Waals surface area contributed by atoms with Gasteiger partial charge in [-0.2, -0.15) is 0 Å². The minimum atomic E-state index is -0.464. The summed E-state index contributed by atoms with van der Waals surface area (Å²) in [5.41, 5.74) is -0.464. The number of ether oxygens (including phenoxy) is 1. The van der Waals surface area contributed by atoms with Crippen LogP contribution in [0, 0.1) is 0 Å². The molecule has 15 heavy (non-hydrogen) atoms. The zero-order valence-electron chi connectivity index (χ0n) is 9.99. The van der Waals surface area contributed by atoms with Gasteiger partial charge < -0.3 is 14.7 Å². The first-order chi connectivity index (χ1) is 6.85. The Kier molecular flexibility index (Phi) is 3.60. The maximum atomic E-state index is 11.7. The Morgan fingerprint density at radius 3 is 2.53 bits per heavy atom. The molecule has 0 aliphatic carbocycles. The lowest BCUT2D eigenvalue weighted by Crippen LogP contribution is -2.57. The summed E-state index contributed by atoms with van der Waals surface area (Å²) in [7, 11) is 0. The van der Waals surface area contributed by atoms with Crippen LogP contribution in [0.3, 0.4) is 0 Å². The van der Waals surface area contributed by atoms with Gasteiger partial charge in [0.25, 0.3) is 0 Å². The Labute approximate surface area is 91.2 Å². The van der Waals surface area contributed by atoms with E-state index in [-0.39, 0.29) is 12.1 Å². The van der Waals surface area contributed by atoms with E-state index in [1.54, 1.807) is 4.90 Å². The van der Waals surface area contributed by atoms with Gasteiger partial charge in [0.1, 0.15) is 5.60 Å². The fraction of sp³-hybridized carbons (Fsp3) is 0.909. The van der Waals surface area contributed by atoms with Crippen molar-refractivity contribution >= 4 is 6.09 Å². The van der Waals surface area contributed by atoms with Crippen molar-refractivity contribution in [2.24, 2.45) is 0 Å². The Morgan fingerprint density at radius 2 is 2.20 bits per heavy atom. The highest BCUT2D eigenvalue weighted by Gasteiger charge is 2.38. The number of carbonyl (C=O) groups excluding carboxylic acids is 1. The van der Waals surface area contributed by atoms with Crippen LogP contribution in [-0.4, -0.2) is 40.4 Å². The second kappa shape index (κ2) is 4.39. The van der Waals surface area contributed by atoms with E-state index in [1.165, 1.54) is 0 Å². The van der Waals surface area contributed by atoms with Gasteiger partial charge in [-0.15, -0.1) is 0 Å². The van der Waals surface area contributed by atoms with E-state index >= 15 is 0 Å². The third-order valence-corrected chi connectivity index (χ3v) is 2.56. The average Bonchev–Trinajstić information content (AvgIpc) is 1.97. The fourth-order valence-electron chi connectivity index (χ4n) is 1.63. The summed E-state index contributed by atoms with van der Waals surface area (Å²) in [4.78, 5) is 13.3. The van der Waals surface area contributed by atoms with Crippen molar-refractivity contribution in [1.82, 2.24) is 4.90 Å². The quantitative estimate of drug-likeness (QED) is 0.763. The van der Waals surface area contributed by atoms with Crippen LogP contribution in [-0.2, 0) is 4.74 Å². The van der Waals surface area contributed by atoms with E-state index in [0.29, 0.717) is 13.0 Å². The number of hydrogen-bond donors (Lipinski definition) is 1. The van der Waals surface area contributed by atoms with E-state index in [4.69, 9.17) is 4.74 Å². The zero-order valence-corrected chi connectivity index (χ0v) is 9.99. The molecule has 1 saturated heterocycles. The first kappa shape index (κ1) is 12.3. The number of likely N-dealkylation sites (tertiary alicyclic amines) is 1. The van der Waals surface area contributed by atoms with Gasteiger partial charge in [0.2, 0.25) is 0 Å². The molecule has 1 heterocycles. The Morgan fingerprint density at radius 1 is 1.60 bits per heavy atom. The van der Waals surface area contributed by atoms with Gasteiger partial charge in [-0.3, -0.25) is 0 Å². The van der Waals surface area contributed by atoms with Crippen molar-refractivity contribution in [2.45, 2.75) is 58.3 Å². The van der Waals surface area contributed by atoms with Crippen LogP contribution in [0.15, 0.2) is 0 Å². The van der Waals surface area contributed by atoms with Crippen LogP contribution in [0.1, 0.15) is 40.5 Å². The lowest BCUT2D eigenvalue weighted by molar-refractivity contribution is -0.0406. The molecule has 0 aromatic rings. The minimum Gasteiger partial charge on any atom is -0.444 e. The number of carbonyl (C=O) groups is 1. The number of hydrogen-bond acceptors (Lipinski definition) is 3. The monoisotopic (exact) mass is 215 g/mol. The SMILES string of the molecule is CCC(O)C1CCN1C(=O)OC(C)(C)C. The van der Waals surface area contributed by atoms with Gasteiger partial charge in [0, 0.05) is 6.54 Å². The lowest BCUT2D eigenvalue weighted by atomic mass is 9.96. The summed E-state index contributed by atoms with van der Waals surface area (Å²) in [6.07, 6.45) is 0.801. The molecule has 0 radical (unpaired) electrons. The van der Waals surface area contributed by atoms with E-state index in [2.05, 4.69) is 0 Å². The molecule has 2 unspecified atom stereocenters. The fourth-order valence-corrected chi connectivity index (χ4v) is 1.63. The molecule has 0 aromatic carbocycles. The Balaban J connectivity index is 2.48. The van der Waals surface area contributed by atoms with Crippen molar-refractivity contribution in [3.63, 3.8) is 0 Å². The number of aliphatic hydroxyl groups is 1. The summed E-state index contributed by atoms with van der Waals surface area (Å²) >= 11 is 0. The molecule has 1 amide bonds. The normalized spacial score (nSPS) is 23.3. The summed E-state index contributed by atoms with van der Waals surface area (Å²) < 4.78 is 5.24. The molecular weight excluding hydrogens is 194 g/mol. The molecule has 88 valence electrons. The van der Waals surface area contributed by atoms with E-state index in [0.717, 1.165) is 6.42 Å². The van der Waals surface area contributed by atoms with Crippen LogP contribution in [0.25, 0.3) is 0 Å². The molecular formula is C11H21NO3. The van der Waals surface area contributed by atoms with E-state index in [9.17, 15) is 9.90 Å². The second-order valence-electron chi connectivity index (χ2n) is 5.01. The Bertz CT molecular complexity index is 234. The molecule has 1 rings (SSSR count). The van der Waals surface area contributed by atoms with Gasteiger partial charge in [-0.25, -0.2) is 4.79 Å². The molecule has 0 spiro atoms. The van der Waals surface area contributed by atoms with Crippen molar-refractivity contribution in [3.8, 4) is 0 Å². The number of amides is 1. The predicted molar refractivity (Wildman–Crippen MR) is 57.6 cm³/mol. The summed E-state index contributed by atoms with van der Waals surface area (Å²) in [6.45, 7) is 8.13. The molecule has 1 aliphatic rings. The molecule has 0 bridgehead atoms. The molecule has 1 N–H and O–H groups in total. The zero-order chi connectivity index (χ0) is 11.6. The summed E-state index contributed by atoms with van der Waals surface area (Å²) in [6, 6.07) is -0.0511. The van der Waals surface area contributed by atoms with Crippen LogP contribution in [0.5, 0.6) is 0 Å². The standard InChI is InChI=1S/C11H21NO3/c1-5-9(13)8-6-7-12(8)10(14)15-11(2,3)4/h8-9,13H,5-7H2,1-4H3. The first-order valence-corrected chi connectivity index (χ1v) is 5.53. The summed E-state index contributed by atoms with van der Waals surface area (Å²) in [5.74, 6) is 0. The summed E-state index contributed by atoms with van der Waals surface area (Å²) in [5, 5.41) is 9.65. The average molecular weight is 215 g/mol. The van der Waals surface area contributed by atoms with Gasteiger partial charge in [0.05, 0.1) is 12.1 Å². The molecule has 0 saturated carbocycles. The minimum absolute atomic E-state index is 0.0511. The van der Waals surface area contributed by atoms with Crippen molar-refractivity contribution in [1.29, 1.82) is 0 Å². The van der Waals surface area contributed by atoms with E-state index < -0.39 is 11.7 Å². The molecule has 0 aromatic heterocycles. The number of rotatable bonds is 2. The third-order valence-electron chi connectivity index (χ3n) is 2.56. The molecule has 1 fully saturated rings. The van der Waals surface area contributed by atoms with Crippen molar-refractivity contribution in [2.75, 3.05) is 6.54 Å². The van der Waals surface area contributed by atoms with E-state index in [1.807, 2.05) is 27.7 Å². The Hall–Kier alpha value is -0.770. The highest BCUT2D eigenvalue weighted by Crippen LogP contribution is 2.24. The maximum absolute atomic E-state index is 11.7. The maximum Gasteiger partial charge on any atom is 0.410 e. The third kappa shape index (κ3) is 3.09. The largest absolute Gasteiger partial charge is 0.444 e. The van der Waals surface area contributed by atoms with Gasteiger partial charge in [-0.1, -0.05) is 6.92 Å². The predicted octanol–water partition coefficient (Wildman–Crippen LogP) is 1.77. The van der Waals surface area contributed by atoms with Gasteiger partial charge in [-0.05, 0) is 33.6 Å². The van der Waals surface area contributed by atoms with Crippen LogP contribution in [0.2, 0.25) is 0 Å². The molecule has 4 nitrogen and oxygen atoms in total. The molecule has 2 atom stereocenters. The van der Waals surface area contributed by atoms with Gasteiger partial charge >= 0.3 is 6.09 Å². The lowest BCUT2D eigenvalue weighted by Gasteiger charge is -2.43. The second-order valence-corrected chi connectivity index (χ2v) is 5.01. The number of nitrogens with zero attached hydrogens (tertiary/aromatic N) is 1. The van der Waals surface area contributed by atoms with Crippen LogP contribution >= 0.6 is 0 Å². The van der Waals surface area contributed by atoms with Crippen LogP contribution in [0.4, 0.5) is 4.79 Å². The van der Waals surface area contributed by atoms with Gasteiger partial charge in [0.15, 0.2) is 0 Å². The number of aliphatic hydroxyl groups excluding tert-OH is 1. The smallest absolute Gasteiger partial charge is 0.410 e. The topological polar surface area (TPSA) is 49.8 Å². The molecule has 4 heteroatoms. The van der Waals surface area contributed by atoms with Crippen molar-refractivity contribution < 1.29 is 14.6 Å². The molecule has 1 aliphatic heterocycles. The first-order valence-electron chi connectivity index (χ1n) is 5.53. The highest BCUT2D eigenvalue weighted by atomic mass is 16.6. The van der Waals surface area contributed by atoms with Crippen LogP contribution < -0.4 is 0 Å². The highest BCUT2D eigenvalue weighted by molar-refractivity contribution is 5.69. The van der Waals surface area contributed by atoms with Crippen molar-refractivity contribution in [3.05, 3.63) is 0 Å².